The van der Waals surface area contributed by atoms with Crippen molar-refractivity contribution in [1.82, 2.24) is 4.90 Å². The van der Waals surface area contributed by atoms with Crippen LogP contribution in [0.2, 0.25) is 0 Å². The van der Waals surface area contributed by atoms with Crippen LogP contribution in [0.1, 0.15) is 17.2 Å². The molecule has 10 nitrogen and oxygen atoms in total. The van der Waals surface area contributed by atoms with E-state index in [1.807, 2.05) is 0 Å². The van der Waals surface area contributed by atoms with Gasteiger partial charge in [0.15, 0.2) is 0 Å². The zero-order chi connectivity index (χ0) is 21.1. The van der Waals surface area contributed by atoms with Crippen molar-refractivity contribution in [2.24, 2.45) is 0 Å². The Kier molecular flexibility index (Phi) is 5.74. The van der Waals surface area contributed by atoms with E-state index in [1.165, 1.54) is 44.4 Å². The maximum atomic E-state index is 12.8. The summed E-state index contributed by atoms with van der Waals surface area (Å²) < 4.78 is 15.7. The lowest BCUT2D eigenvalue weighted by Gasteiger charge is -2.33. The van der Waals surface area contributed by atoms with E-state index >= 15 is 0 Å². The number of carbonyl (C=O) groups excluding carboxylic acids is 1. The molecule has 0 fully saturated rings. The van der Waals surface area contributed by atoms with Crippen molar-refractivity contribution in [3.05, 3.63) is 51.6 Å². The summed E-state index contributed by atoms with van der Waals surface area (Å²) in [6, 6.07) is 6.93. The number of carbonyl (C=O) groups is 1. The van der Waals surface area contributed by atoms with E-state index in [-0.39, 0.29) is 24.5 Å². The second kappa shape index (κ2) is 8.23. The SMILES string of the molecule is COc1ccc(NC(=O)N2Cc3c(OC)ccc(OC)c3[C@@H](O)C2)c([N+](=O)[O-])c1. The average molecular weight is 403 g/mol. The summed E-state index contributed by atoms with van der Waals surface area (Å²) in [5, 5.41) is 24.5. The second-order valence-corrected chi connectivity index (χ2v) is 6.33. The number of benzene rings is 2. The van der Waals surface area contributed by atoms with E-state index in [1.54, 1.807) is 12.1 Å². The first-order valence-corrected chi connectivity index (χ1v) is 8.69. The number of aliphatic hydroxyl groups is 1. The molecular formula is C19H21N3O7. The number of β-amino-alcohol motifs (C(OH)–C–C–N with tert-alkyl or cyclic N) is 1. The number of aliphatic hydroxyl groups excluding tert-OH is 1. The molecule has 0 aromatic heterocycles. The van der Waals surface area contributed by atoms with Crippen LogP contribution in [-0.4, -0.2) is 48.8 Å². The van der Waals surface area contributed by atoms with Crippen LogP contribution in [0.25, 0.3) is 0 Å². The molecule has 3 rings (SSSR count). The number of hydrogen-bond acceptors (Lipinski definition) is 7. The smallest absolute Gasteiger partial charge is 0.322 e. The minimum absolute atomic E-state index is 0.00763. The van der Waals surface area contributed by atoms with Crippen LogP contribution in [0.15, 0.2) is 30.3 Å². The van der Waals surface area contributed by atoms with E-state index in [2.05, 4.69) is 5.32 Å². The Bertz CT molecular complexity index is 948. The number of rotatable bonds is 5. The van der Waals surface area contributed by atoms with Gasteiger partial charge in [-0.25, -0.2) is 4.79 Å². The topological polar surface area (TPSA) is 123 Å². The molecule has 0 aliphatic carbocycles. The number of nitro groups is 1. The minimum Gasteiger partial charge on any atom is -0.496 e. The predicted molar refractivity (Wildman–Crippen MR) is 104 cm³/mol. The lowest BCUT2D eigenvalue weighted by atomic mass is 9.95. The molecule has 0 saturated carbocycles. The van der Waals surface area contributed by atoms with Crippen molar-refractivity contribution in [2.75, 3.05) is 33.2 Å². The van der Waals surface area contributed by atoms with Crippen LogP contribution in [0.3, 0.4) is 0 Å². The number of fused-ring (bicyclic) bond motifs is 1. The lowest BCUT2D eigenvalue weighted by molar-refractivity contribution is -0.384. The van der Waals surface area contributed by atoms with Crippen LogP contribution in [-0.2, 0) is 6.54 Å². The Morgan fingerprint density at radius 3 is 2.48 bits per heavy atom. The number of methoxy groups -OCH3 is 3. The van der Waals surface area contributed by atoms with Crippen molar-refractivity contribution in [1.29, 1.82) is 0 Å². The van der Waals surface area contributed by atoms with Gasteiger partial charge in [0.05, 0.1) is 45.4 Å². The Hall–Kier alpha value is -3.53. The van der Waals surface area contributed by atoms with Crippen molar-refractivity contribution in [2.45, 2.75) is 12.6 Å². The van der Waals surface area contributed by atoms with Gasteiger partial charge in [-0.2, -0.15) is 0 Å². The lowest BCUT2D eigenvalue weighted by Crippen LogP contribution is -2.41. The van der Waals surface area contributed by atoms with Gasteiger partial charge in [0, 0.05) is 11.1 Å². The fourth-order valence-corrected chi connectivity index (χ4v) is 3.32. The average Bonchev–Trinajstić information content (AvgIpc) is 2.72. The zero-order valence-electron chi connectivity index (χ0n) is 16.2. The van der Waals surface area contributed by atoms with Crippen molar-refractivity contribution < 1.29 is 29.0 Å². The first kappa shape index (κ1) is 20.2. The molecule has 1 aliphatic rings. The molecule has 0 saturated heterocycles. The third-order valence-corrected chi connectivity index (χ3v) is 4.72. The number of hydrogen-bond donors (Lipinski definition) is 2. The molecule has 29 heavy (non-hydrogen) atoms. The number of nitro benzene ring substituents is 1. The third-order valence-electron chi connectivity index (χ3n) is 4.72. The molecule has 2 aromatic rings. The van der Waals surface area contributed by atoms with Gasteiger partial charge < -0.3 is 29.5 Å². The van der Waals surface area contributed by atoms with Crippen LogP contribution in [0.4, 0.5) is 16.2 Å². The number of amides is 2. The fourth-order valence-electron chi connectivity index (χ4n) is 3.32. The van der Waals surface area contributed by atoms with Crippen molar-refractivity contribution in [3.8, 4) is 17.2 Å². The number of anilines is 1. The second-order valence-electron chi connectivity index (χ2n) is 6.33. The van der Waals surface area contributed by atoms with Crippen molar-refractivity contribution in [3.63, 3.8) is 0 Å². The van der Waals surface area contributed by atoms with Gasteiger partial charge in [-0.3, -0.25) is 10.1 Å². The van der Waals surface area contributed by atoms with E-state index in [0.29, 0.717) is 28.4 Å². The molecule has 154 valence electrons. The highest BCUT2D eigenvalue weighted by Crippen LogP contribution is 2.39. The van der Waals surface area contributed by atoms with Gasteiger partial charge in [0.1, 0.15) is 29.0 Å². The summed E-state index contributed by atoms with van der Waals surface area (Å²) >= 11 is 0. The van der Waals surface area contributed by atoms with E-state index in [9.17, 15) is 20.0 Å². The summed E-state index contributed by atoms with van der Waals surface area (Å²) in [6.07, 6.45) is -1.000. The van der Waals surface area contributed by atoms with Gasteiger partial charge in [-0.05, 0) is 24.3 Å². The van der Waals surface area contributed by atoms with Crippen molar-refractivity contribution >= 4 is 17.4 Å². The Morgan fingerprint density at radius 1 is 1.17 bits per heavy atom. The number of ether oxygens (including phenoxy) is 3. The molecule has 2 N–H and O–H groups in total. The van der Waals surface area contributed by atoms with Gasteiger partial charge in [-0.1, -0.05) is 0 Å². The van der Waals surface area contributed by atoms with Gasteiger partial charge in [0.25, 0.3) is 5.69 Å². The molecule has 0 spiro atoms. The maximum absolute atomic E-state index is 12.8. The van der Waals surface area contributed by atoms with Crippen LogP contribution in [0.5, 0.6) is 17.2 Å². The normalized spacial score (nSPS) is 15.3. The first-order chi connectivity index (χ1) is 13.9. The number of nitrogens with zero attached hydrogens (tertiary/aromatic N) is 2. The highest BCUT2D eigenvalue weighted by molar-refractivity contribution is 5.92. The number of urea groups is 1. The summed E-state index contributed by atoms with van der Waals surface area (Å²) in [5.74, 6) is 1.31. The Labute approximate surface area is 166 Å². The summed E-state index contributed by atoms with van der Waals surface area (Å²) in [4.78, 5) is 24.9. The quantitative estimate of drug-likeness (QED) is 0.581. The van der Waals surface area contributed by atoms with E-state index in [0.717, 1.165) is 0 Å². The highest BCUT2D eigenvalue weighted by atomic mass is 16.6. The zero-order valence-corrected chi connectivity index (χ0v) is 16.2. The molecule has 0 radical (unpaired) electrons. The molecule has 10 heteroatoms. The monoisotopic (exact) mass is 403 g/mol. The van der Waals surface area contributed by atoms with Crippen LogP contribution in [0, 0.1) is 10.1 Å². The Morgan fingerprint density at radius 2 is 1.86 bits per heavy atom. The maximum Gasteiger partial charge on any atom is 0.322 e. The molecule has 1 atom stereocenters. The molecule has 1 aliphatic heterocycles. The highest BCUT2D eigenvalue weighted by Gasteiger charge is 2.32. The van der Waals surface area contributed by atoms with E-state index in [4.69, 9.17) is 14.2 Å². The molecule has 0 bridgehead atoms. The van der Waals surface area contributed by atoms with Gasteiger partial charge in [0.2, 0.25) is 0 Å². The Balaban J connectivity index is 1.89. The summed E-state index contributed by atoms with van der Waals surface area (Å²) in [5.41, 5.74) is 0.907. The van der Waals surface area contributed by atoms with E-state index < -0.39 is 17.1 Å². The predicted octanol–water partition coefficient (Wildman–Crippen LogP) is 2.70. The number of nitrogens with one attached hydrogen (secondary N) is 1. The summed E-state index contributed by atoms with van der Waals surface area (Å²) in [7, 11) is 4.39. The molecule has 2 amide bonds. The molecule has 2 aromatic carbocycles. The first-order valence-electron chi connectivity index (χ1n) is 8.69. The minimum atomic E-state index is -1.000. The van der Waals surface area contributed by atoms with Crippen LogP contribution < -0.4 is 19.5 Å². The standard InChI is InChI=1S/C19H21N3O7/c1-27-11-4-5-13(14(8-11)22(25)26)20-19(24)21-9-12-16(28-2)6-7-17(29-3)18(12)15(23)10-21/h4-8,15,23H,9-10H2,1-3H3,(H,20,24)/t15-/m0/s1. The van der Waals surface area contributed by atoms with Crippen LogP contribution >= 0.6 is 0 Å². The van der Waals surface area contributed by atoms with Gasteiger partial charge >= 0.3 is 6.03 Å². The molecule has 0 unspecified atom stereocenters. The largest absolute Gasteiger partial charge is 0.496 e. The third kappa shape index (κ3) is 3.87. The molecule has 1 heterocycles. The fraction of sp³-hybridized carbons (Fsp3) is 0.316. The molecular weight excluding hydrogens is 382 g/mol. The summed E-state index contributed by atoms with van der Waals surface area (Å²) in [6.45, 7) is 0.134. The van der Waals surface area contributed by atoms with Gasteiger partial charge in [-0.15, -0.1) is 0 Å².